The third-order valence-corrected chi connectivity index (χ3v) is 2.96. The number of hydrogen-bond acceptors (Lipinski definition) is 5. The molecule has 1 aliphatic heterocycles. The van der Waals surface area contributed by atoms with Gasteiger partial charge in [-0.05, 0) is 6.42 Å². The Hall–Kier alpha value is -0.200. The van der Waals surface area contributed by atoms with Crippen molar-refractivity contribution in [3.05, 3.63) is 0 Å². The lowest BCUT2D eigenvalue weighted by molar-refractivity contribution is -0.0960. The molecule has 1 fully saturated rings. The van der Waals surface area contributed by atoms with Gasteiger partial charge in [-0.15, -0.1) is 0 Å². The highest BCUT2D eigenvalue weighted by Crippen LogP contribution is 2.16. The number of rotatable bonds is 3. The van der Waals surface area contributed by atoms with Crippen LogP contribution in [-0.4, -0.2) is 57.4 Å². The van der Waals surface area contributed by atoms with E-state index in [1.807, 2.05) is 6.92 Å². The minimum absolute atomic E-state index is 0.198. The van der Waals surface area contributed by atoms with Crippen molar-refractivity contribution in [2.24, 2.45) is 0 Å². The van der Waals surface area contributed by atoms with Crippen molar-refractivity contribution in [1.82, 2.24) is 5.32 Å². The maximum absolute atomic E-state index is 9.75. The molecule has 0 aromatic rings. The molecule has 0 radical (unpaired) electrons. The zero-order valence-electron chi connectivity index (χ0n) is 9.00. The van der Waals surface area contributed by atoms with Crippen LogP contribution >= 0.6 is 0 Å². The summed E-state index contributed by atoms with van der Waals surface area (Å²) in [4.78, 5) is 0. The quantitative estimate of drug-likeness (QED) is 0.402. The molecule has 0 bridgehead atoms. The van der Waals surface area contributed by atoms with E-state index >= 15 is 0 Å². The zero-order chi connectivity index (χ0) is 11.4. The lowest BCUT2D eigenvalue weighted by atomic mass is 9.97. The predicted octanol–water partition coefficient (Wildman–Crippen LogP) is -1.41. The van der Waals surface area contributed by atoms with Crippen LogP contribution in [0.25, 0.3) is 0 Å². The smallest absolute Gasteiger partial charge is 0.110 e. The largest absolute Gasteiger partial charge is 0.389 e. The molecule has 90 valence electrons. The van der Waals surface area contributed by atoms with Gasteiger partial charge in [-0.25, -0.2) is 0 Å². The number of nitrogens with one attached hydrogen (secondary N) is 1. The first kappa shape index (κ1) is 12.9. The lowest BCUT2D eigenvalue weighted by Gasteiger charge is -2.26. The summed E-state index contributed by atoms with van der Waals surface area (Å²) < 4.78 is 0. The summed E-state index contributed by atoms with van der Waals surface area (Å²) in [5, 5.41) is 41.1. The second-order valence-electron chi connectivity index (χ2n) is 4.20. The molecule has 0 spiro atoms. The number of unbranched alkanes of at least 4 members (excludes halogenated alkanes) is 1. The second-order valence-corrected chi connectivity index (χ2v) is 4.20. The second kappa shape index (κ2) is 5.77. The van der Waals surface area contributed by atoms with E-state index in [0.717, 1.165) is 19.3 Å². The van der Waals surface area contributed by atoms with Crippen molar-refractivity contribution in [2.75, 3.05) is 6.54 Å². The van der Waals surface area contributed by atoms with Crippen LogP contribution in [0.3, 0.4) is 0 Å². The van der Waals surface area contributed by atoms with Gasteiger partial charge < -0.3 is 25.7 Å². The van der Waals surface area contributed by atoms with Gasteiger partial charge in [0, 0.05) is 12.6 Å². The predicted molar refractivity (Wildman–Crippen MR) is 55.3 cm³/mol. The Balaban J connectivity index is 2.59. The Morgan fingerprint density at radius 2 is 1.73 bits per heavy atom. The summed E-state index contributed by atoms with van der Waals surface area (Å²) in [5.41, 5.74) is 0. The molecule has 1 saturated heterocycles. The fraction of sp³-hybridized carbons (Fsp3) is 1.00. The van der Waals surface area contributed by atoms with Crippen molar-refractivity contribution in [1.29, 1.82) is 0 Å². The zero-order valence-corrected chi connectivity index (χ0v) is 9.00. The normalized spacial score (nSPS) is 42.6. The molecule has 0 saturated carbocycles. The van der Waals surface area contributed by atoms with Crippen LogP contribution in [0.1, 0.15) is 26.2 Å². The van der Waals surface area contributed by atoms with Crippen LogP contribution in [0.2, 0.25) is 0 Å². The standard InChI is InChI=1S/C10H21NO4/c1-2-3-4-6-8(13)10(15)9(14)7(12)5-11-6/h6-15H,2-5H2,1H3/t6-,7-,8+,9-,10-/m1/s1. The Bertz CT molecular complexity index is 190. The average Bonchev–Trinajstić information content (AvgIpc) is 2.32. The van der Waals surface area contributed by atoms with E-state index < -0.39 is 24.4 Å². The monoisotopic (exact) mass is 219 g/mol. The van der Waals surface area contributed by atoms with E-state index in [2.05, 4.69) is 5.32 Å². The SMILES string of the molecule is CCCC[C@H]1NC[C@@H](O)[C@@H](O)[C@H](O)[C@H]1O. The van der Waals surface area contributed by atoms with Crippen LogP contribution in [0.4, 0.5) is 0 Å². The summed E-state index contributed by atoms with van der Waals surface area (Å²) in [7, 11) is 0. The van der Waals surface area contributed by atoms with Crippen LogP contribution in [-0.2, 0) is 0 Å². The van der Waals surface area contributed by atoms with Gasteiger partial charge in [0.1, 0.15) is 12.2 Å². The highest BCUT2D eigenvalue weighted by atomic mass is 16.4. The summed E-state index contributed by atoms with van der Waals surface area (Å²) in [6.07, 6.45) is -1.94. The summed E-state index contributed by atoms with van der Waals surface area (Å²) in [5.74, 6) is 0. The topological polar surface area (TPSA) is 93.0 Å². The first-order valence-corrected chi connectivity index (χ1v) is 5.53. The molecule has 5 N–H and O–H groups in total. The van der Waals surface area contributed by atoms with E-state index in [9.17, 15) is 20.4 Å². The fourth-order valence-corrected chi connectivity index (χ4v) is 1.88. The summed E-state index contributed by atoms with van der Waals surface area (Å²) in [6, 6.07) is -0.258. The molecule has 0 unspecified atom stereocenters. The van der Waals surface area contributed by atoms with Gasteiger partial charge in [0.2, 0.25) is 0 Å². The Morgan fingerprint density at radius 3 is 2.33 bits per heavy atom. The molecule has 1 aliphatic rings. The van der Waals surface area contributed by atoms with E-state index in [0.29, 0.717) is 0 Å². The van der Waals surface area contributed by atoms with Gasteiger partial charge in [-0.3, -0.25) is 0 Å². The van der Waals surface area contributed by atoms with E-state index in [1.165, 1.54) is 0 Å². The Kier molecular flexibility index (Phi) is 4.95. The Labute approximate surface area is 89.7 Å². The van der Waals surface area contributed by atoms with E-state index in [-0.39, 0.29) is 12.6 Å². The minimum Gasteiger partial charge on any atom is -0.389 e. The van der Waals surface area contributed by atoms with Crippen molar-refractivity contribution >= 4 is 0 Å². The fourth-order valence-electron chi connectivity index (χ4n) is 1.88. The number of aliphatic hydroxyl groups excluding tert-OH is 4. The maximum atomic E-state index is 9.75. The highest BCUT2D eigenvalue weighted by Gasteiger charge is 2.37. The molecule has 0 amide bonds. The van der Waals surface area contributed by atoms with Gasteiger partial charge in [-0.1, -0.05) is 19.8 Å². The molecule has 0 aliphatic carbocycles. The lowest BCUT2D eigenvalue weighted by Crippen LogP contribution is -2.47. The first-order valence-electron chi connectivity index (χ1n) is 5.53. The van der Waals surface area contributed by atoms with Gasteiger partial charge in [0.15, 0.2) is 0 Å². The molecular formula is C10H21NO4. The van der Waals surface area contributed by atoms with Crippen LogP contribution in [0.15, 0.2) is 0 Å². The molecule has 5 atom stereocenters. The summed E-state index contributed by atoms with van der Waals surface area (Å²) >= 11 is 0. The number of β-amino-alcohol motifs (C(OH)–C–C–N with tert-alkyl or cyclic N) is 1. The number of hydrogen-bond donors (Lipinski definition) is 5. The van der Waals surface area contributed by atoms with E-state index in [4.69, 9.17) is 0 Å². The molecule has 1 rings (SSSR count). The van der Waals surface area contributed by atoms with Crippen LogP contribution < -0.4 is 5.32 Å². The third-order valence-electron chi connectivity index (χ3n) is 2.96. The first-order chi connectivity index (χ1) is 7.07. The van der Waals surface area contributed by atoms with E-state index in [1.54, 1.807) is 0 Å². The van der Waals surface area contributed by atoms with Gasteiger partial charge >= 0.3 is 0 Å². The van der Waals surface area contributed by atoms with Gasteiger partial charge in [0.05, 0.1) is 12.2 Å². The molecule has 1 heterocycles. The third kappa shape index (κ3) is 3.12. The number of aliphatic hydroxyl groups is 4. The maximum Gasteiger partial charge on any atom is 0.110 e. The molecule has 5 heteroatoms. The van der Waals surface area contributed by atoms with Crippen LogP contribution in [0, 0.1) is 0 Å². The van der Waals surface area contributed by atoms with Crippen molar-refractivity contribution < 1.29 is 20.4 Å². The van der Waals surface area contributed by atoms with Gasteiger partial charge in [-0.2, -0.15) is 0 Å². The van der Waals surface area contributed by atoms with Crippen LogP contribution in [0.5, 0.6) is 0 Å². The van der Waals surface area contributed by atoms with Crippen molar-refractivity contribution in [2.45, 2.75) is 56.6 Å². The van der Waals surface area contributed by atoms with Crippen molar-refractivity contribution in [3.8, 4) is 0 Å². The molecule has 0 aromatic carbocycles. The Morgan fingerprint density at radius 1 is 1.07 bits per heavy atom. The summed E-state index contributed by atoms with van der Waals surface area (Å²) in [6.45, 7) is 2.24. The highest BCUT2D eigenvalue weighted by molar-refractivity contribution is 4.93. The molecule has 15 heavy (non-hydrogen) atoms. The molecular weight excluding hydrogens is 198 g/mol. The average molecular weight is 219 g/mol. The minimum atomic E-state index is -1.28. The molecule has 5 nitrogen and oxygen atoms in total. The van der Waals surface area contributed by atoms with Crippen molar-refractivity contribution in [3.63, 3.8) is 0 Å². The molecule has 0 aromatic heterocycles. The van der Waals surface area contributed by atoms with Gasteiger partial charge in [0.25, 0.3) is 0 Å².